The quantitative estimate of drug-likeness (QED) is 0.596. The van der Waals surface area contributed by atoms with E-state index in [1.165, 1.54) is 0 Å². The smallest absolute Gasteiger partial charge is 0.410 e. The average molecular weight is 411 g/mol. The van der Waals surface area contributed by atoms with Crippen molar-refractivity contribution in [3.63, 3.8) is 0 Å². The van der Waals surface area contributed by atoms with Gasteiger partial charge in [-0.3, -0.25) is 4.57 Å². The molecule has 1 aromatic rings. The number of amides is 1. The molecule has 0 radical (unpaired) electrons. The van der Waals surface area contributed by atoms with E-state index in [2.05, 4.69) is 6.92 Å². The molecule has 0 spiro atoms. The van der Waals surface area contributed by atoms with Crippen molar-refractivity contribution < 1.29 is 23.1 Å². The van der Waals surface area contributed by atoms with E-state index in [1.807, 2.05) is 37.8 Å². The van der Waals surface area contributed by atoms with Gasteiger partial charge in [0, 0.05) is 6.54 Å². The van der Waals surface area contributed by atoms with E-state index < -0.39 is 13.2 Å². The Balaban J connectivity index is 2.27. The topological polar surface area (TPSA) is 65.1 Å². The molecule has 1 aromatic carbocycles. The Morgan fingerprint density at radius 1 is 1.14 bits per heavy atom. The van der Waals surface area contributed by atoms with Gasteiger partial charge in [0.2, 0.25) is 0 Å². The van der Waals surface area contributed by atoms with E-state index in [9.17, 15) is 9.36 Å². The predicted octanol–water partition coefficient (Wildman–Crippen LogP) is 5.29. The standard InChI is InChI=1S/C21H34NO5P/c1-7-25-28(24,26-8-2)18-11-9-17(10-12-18)19-15-16(3)13-14-22(19)20(23)27-21(4,5)6/h9-12,16,19H,7-8,13-15H2,1-6H3. The highest BCUT2D eigenvalue weighted by Crippen LogP contribution is 2.47. The summed E-state index contributed by atoms with van der Waals surface area (Å²) in [6.45, 7) is 12.7. The van der Waals surface area contributed by atoms with Crippen LogP contribution >= 0.6 is 7.60 Å². The van der Waals surface area contributed by atoms with Crippen molar-refractivity contribution >= 4 is 19.0 Å². The van der Waals surface area contributed by atoms with Crippen LogP contribution in [0.1, 0.15) is 66.0 Å². The summed E-state index contributed by atoms with van der Waals surface area (Å²) in [7, 11) is -3.31. The number of hydrogen-bond donors (Lipinski definition) is 0. The maximum atomic E-state index is 13.0. The maximum absolute atomic E-state index is 13.0. The van der Waals surface area contributed by atoms with E-state index in [0.29, 0.717) is 31.0 Å². The highest BCUT2D eigenvalue weighted by molar-refractivity contribution is 7.62. The number of likely N-dealkylation sites (tertiary alicyclic amines) is 1. The molecule has 0 saturated carbocycles. The van der Waals surface area contributed by atoms with Crippen LogP contribution in [0.25, 0.3) is 0 Å². The summed E-state index contributed by atoms with van der Waals surface area (Å²) < 4.78 is 29.4. The second kappa shape index (κ2) is 9.43. The lowest BCUT2D eigenvalue weighted by Crippen LogP contribution is -2.43. The molecule has 1 fully saturated rings. The van der Waals surface area contributed by atoms with Gasteiger partial charge in [-0.25, -0.2) is 4.79 Å². The number of carbonyl (C=O) groups excluding carboxylic acids is 1. The SMILES string of the molecule is CCOP(=O)(OCC)c1ccc(C2CC(C)CCN2C(=O)OC(C)(C)C)cc1. The Bertz CT molecular complexity index is 688. The number of piperidine rings is 1. The molecular formula is C21H34NO5P. The van der Waals surface area contributed by atoms with Crippen LogP contribution < -0.4 is 5.30 Å². The number of carbonyl (C=O) groups is 1. The average Bonchev–Trinajstić information content (AvgIpc) is 2.60. The molecule has 2 atom stereocenters. The Hall–Kier alpha value is -1.36. The second-order valence-electron chi connectivity index (χ2n) is 8.24. The summed E-state index contributed by atoms with van der Waals surface area (Å²) in [6.07, 6.45) is 1.54. The molecule has 1 aliphatic rings. The van der Waals surface area contributed by atoms with E-state index in [1.54, 1.807) is 26.0 Å². The Morgan fingerprint density at radius 3 is 2.21 bits per heavy atom. The third-order valence-electron chi connectivity index (χ3n) is 4.68. The highest BCUT2D eigenvalue weighted by Gasteiger charge is 2.34. The van der Waals surface area contributed by atoms with Gasteiger partial charge in [0.05, 0.1) is 24.6 Å². The van der Waals surface area contributed by atoms with Crippen LogP contribution in [0.3, 0.4) is 0 Å². The molecular weight excluding hydrogens is 377 g/mol. The fraction of sp³-hybridized carbons (Fsp3) is 0.667. The first-order valence-corrected chi connectivity index (χ1v) is 11.6. The molecule has 2 unspecified atom stereocenters. The van der Waals surface area contributed by atoms with Gasteiger partial charge in [-0.1, -0.05) is 19.1 Å². The second-order valence-corrected chi connectivity index (χ2v) is 10.3. The van der Waals surface area contributed by atoms with E-state index in [4.69, 9.17) is 13.8 Å². The minimum Gasteiger partial charge on any atom is -0.444 e. The highest BCUT2D eigenvalue weighted by atomic mass is 31.2. The Labute approximate surface area is 169 Å². The molecule has 2 rings (SSSR count). The van der Waals surface area contributed by atoms with Gasteiger partial charge in [-0.15, -0.1) is 0 Å². The van der Waals surface area contributed by atoms with Crippen LogP contribution in [0.15, 0.2) is 24.3 Å². The number of hydrogen-bond acceptors (Lipinski definition) is 5. The van der Waals surface area contributed by atoms with Crippen molar-refractivity contribution in [1.82, 2.24) is 4.90 Å². The van der Waals surface area contributed by atoms with E-state index >= 15 is 0 Å². The van der Waals surface area contributed by atoms with Gasteiger partial charge in [0.25, 0.3) is 0 Å². The van der Waals surface area contributed by atoms with Gasteiger partial charge >= 0.3 is 13.7 Å². The fourth-order valence-corrected chi connectivity index (χ4v) is 4.97. The van der Waals surface area contributed by atoms with Gasteiger partial charge in [0.15, 0.2) is 0 Å². The van der Waals surface area contributed by atoms with Crippen LogP contribution in [0, 0.1) is 5.92 Å². The van der Waals surface area contributed by atoms with Gasteiger partial charge < -0.3 is 18.7 Å². The van der Waals surface area contributed by atoms with Gasteiger partial charge in [-0.05, 0) is 71.1 Å². The first-order chi connectivity index (χ1) is 13.1. The summed E-state index contributed by atoms with van der Waals surface area (Å²) in [4.78, 5) is 14.5. The van der Waals surface area contributed by atoms with Gasteiger partial charge in [0.1, 0.15) is 5.60 Å². The summed E-state index contributed by atoms with van der Waals surface area (Å²) in [5, 5.41) is 0.535. The van der Waals surface area contributed by atoms with Crippen molar-refractivity contribution in [3.05, 3.63) is 29.8 Å². The molecule has 1 heterocycles. The van der Waals surface area contributed by atoms with Gasteiger partial charge in [-0.2, -0.15) is 0 Å². The lowest BCUT2D eigenvalue weighted by molar-refractivity contribution is 0.00512. The number of nitrogens with zero attached hydrogens (tertiary/aromatic N) is 1. The molecule has 158 valence electrons. The molecule has 6 nitrogen and oxygen atoms in total. The molecule has 0 aliphatic carbocycles. The van der Waals surface area contributed by atoms with Crippen LogP contribution in [0.2, 0.25) is 0 Å². The van der Waals surface area contributed by atoms with Crippen LogP contribution in [-0.4, -0.2) is 36.4 Å². The molecule has 1 saturated heterocycles. The zero-order valence-corrected chi connectivity index (χ0v) is 18.8. The molecule has 1 amide bonds. The van der Waals surface area contributed by atoms with Crippen LogP contribution in [0.4, 0.5) is 4.79 Å². The summed E-state index contributed by atoms with van der Waals surface area (Å²) in [6, 6.07) is 7.34. The first kappa shape index (κ1) is 22.9. The van der Waals surface area contributed by atoms with Crippen molar-refractivity contribution in [2.45, 2.75) is 66.0 Å². The number of benzene rings is 1. The Kier molecular flexibility index (Phi) is 7.72. The molecule has 1 aliphatic heterocycles. The van der Waals surface area contributed by atoms with Crippen LogP contribution in [0.5, 0.6) is 0 Å². The zero-order chi connectivity index (χ0) is 20.9. The monoisotopic (exact) mass is 411 g/mol. The normalized spacial score (nSPS) is 20.9. The van der Waals surface area contributed by atoms with E-state index in [-0.39, 0.29) is 12.1 Å². The van der Waals surface area contributed by atoms with Crippen LogP contribution in [-0.2, 0) is 18.3 Å². The number of ether oxygens (including phenoxy) is 1. The maximum Gasteiger partial charge on any atom is 0.410 e. The lowest BCUT2D eigenvalue weighted by atomic mass is 9.88. The molecule has 0 N–H and O–H groups in total. The van der Waals surface area contributed by atoms with Crippen molar-refractivity contribution in [2.24, 2.45) is 5.92 Å². The number of rotatable bonds is 6. The largest absolute Gasteiger partial charge is 0.444 e. The summed E-state index contributed by atoms with van der Waals surface area (Å²) >= 11 is 0. The minimum atomic E-state index is -3.31. The van der Waals surface area contributed by atoms with Crippen molar-refractivity contribution in [1.29, 1.82) is 0 Å². The molecule has 7 heteroatoms. The minimum absolute atomic E-state index is 0.0637. The lowest BCUT2D eigenvalue weighted by Gasteiger charge is -2.39. The summed E-state index contributed by atoms with van der Waals surface area (Å²) in [5.41, 5.74) is 0.469. The Morgan fingerprint density at radius 2 is 1.71 bits per heavy atom. The third-order valence-corrected chi connectivity index (χ3v) is 6.81. The third kappa shape index (κ3) is 5.82. The molecule has 0 aromatic heterocycles. The predicted molar refractivity (Wildman–Crippen MR) is 111 cm³/mol. The molecule has 28 heavy (non-hydrogen) atoms. The van der Waals surface area contributed by atoms with E-state index in [0.717, 1.165) is 18.4 Å². The first-order valence-electron chi connectivity index (χ1n) is 10.1. The molecule has 0 bridgehead atoms. The van der Waals surface area contributed by atoms with Crippen molar-refractivity contribution in [2.75, 3.05) is 19.8 Å². The van der Waals surface area contributed by atoms with Crippen molar-refractivity contribution in [3.8, 4) is 0 Å². The fourth-order valence-electron chi connectivity index (χ4n) is 3.40. The summed E-state index contributed by atoms with van der Waals surface area (Å²) in [5.74, 6) is 0.515. The zero-order valence-electron chi connectivity index (χ0n) is 17.9.